The number of aryl methyl sites for hydroxylation is 2. The number of aliphatic hydroxyl groups excluding tert-OH is 1. The second kappa shape index (κ2) is 5.36. The molecule has 0 fully saturated rings. The van der Waals surface area contributed by atoms with Crippen LogP contribution in [0.4, 0.5) is 4.39 Å². The number of rotatable bonds is 3. The highest BCUT2D eigenvalue weighted by molar-refractivity contribution is 5.42. The molecule has 0 aliphatic heterocycles. The van der Waals surface area contributed by atoms with Gasteiger partial charge in [-0.1, -0.05) is 0 Å². The molecule has 1 atom stereocenters. The zero-order valence-electron chi connectivity index (χ0n) is 11.1. The van der Waals surface area contributed by atoms with Crippen LogP contribution < -0.4 is 4.74 Å². The lowest BCUT2D eigenvalue weighted by atomic mass is 10.1. The molecule has 0 radical (unpaired) electrons. The van der Waals surface area contributed by atoms with Gasteiger partial charge in [0.1, 0.15) is 17.3 Å². The lowest BCUT2D eigenvalue weighted by Crippen LogP contribution is -1.99. The van der Waals surface area contributed by atoms with Crippen LogP contribution >= 0.6 is 0 Å². The Bertz CT molecular complexity index is 579. The first kappa shape index (κ1) is 13.5. The highest BCUT2D eigenvalue weighted by atomic mass is 19.1. The van der Waals surface area contributed by atoms with Gasteiger partial charge in [0, 0.05) is 11.3 Å². The number of ether oxygens (including phenoxy) is 1. The Hall–Kier alpha value is -1.94. The minimum absolute atomic E-state index is 0.356. The summed E-state index contributed by atoms with van der Waals surface area (Å²) in [6, 6.07) is 6.49. The van der Waals surface area contributed by atoms with Crippen molar-refractivity contribution in [2.24, 2.45) is 0 Å². The number of aromatic nitrogens is 1. The number of benzene rings is 1. The van der Waals surface area contributed by atoms with Crippen molar-refractivity contribution in [3.63, 3.8) is 0 Å². The molecule has 0 amide bonds. The molecule has 4 heteroatoms. The molecule has 2 rings (SSSR count). The Morgan fingerprint density at radius 3 is 2.58 bits per heavy atom. The summed E-state index contributed by atoms with van der Waals surface area (Å²) in [6.07, 6.45) is 0.795. The molecular formula is C15H16FNO2. The molecule has 1 aromatic carbocycles. The Morgan fingerprint density at radius 1 is 1.26 bits per heavy atom. The summed E-state index contributed by atoms with van der Waals surface area (Å²) in [5, 5.41) is 9.68. The van der Waals surface area contributed by atoms with E-state index in [1.54, 1.807) is 32.2 Å². The molecular weight excluding hydrogens is 245 g/mol. The van der Waals surface area contributed by atoms with Gasteiger partial charge in [-0.3, -0.25) is 4.98 Å². The fourth-order valence-corrected chi connectivity index (χ4v) is 1.73. The third-order valence-corrected chi connectivity index (χ3v) is 2.85. The van der Waals surface area contributed by atoms with E-state index in [9.17, 15) is 9.50 Å². The number of pyridine rings is 1. The lowest BCUT2D eigenvalue weighted by molar-refractivity contribution is 0.195. The predicted molar refractivity (Wildman–Crippen MR) is 70.8 cm³/mol. The van der Waals surface area contributed by atoms with Crippen LogP contribution in [-0.2, 0) is 0 Å². The van der Waals surface area contributed by atoms with Crippen molar-refractivity contribution in [3.8, 4) is 11.5 Å². The van der Waals surface area contributed by atoms with Gasteiger partial charge in [-0.25, -0.2) is 4.39 Å². The molecule has 19 heavy (non-hydrogen) atoms. The van der Waals surface area contributed by atoms with Gasteiger partial charge in [0.25, 0.3) is 0 Å². The van der Waals surface area contributed by atoms with Crippen LogP contribution in [0.25, 0.3) is 0 Å². The highest BCUT2D eigenvalue weighted by Gasteiger charge is 2.13. The average Bonchev–Trinajstić information content (AvgIpc) is 2.36. The summed E-state index contributed by atoms with van der Waals surface area (Å²) >= 11 is 0. The topological polar surface area (TPSA) is 42.4 Å². The molecule has 2 aromatic rings. The van der Waals surface area contributed by atoms with Crippen LogP contribution in [0, 0.1) is 19.7 Å². The van der Waals surface area contributed by atoms with Crippen LogP contribution in [0.2, 0.25) is 0 Å². The molecule has 1 aromatic heterocycles. The Morgan fingerprint density at radius 2 is 2.00 bits per heavy atom. The van der Waals surface area contributed by atoms with E-state index in [4.69, 9.17) is 4.74 Å². The average molecular weight is 261 g/mol. The fourth-order valence-electron chi connectivity index (χ4n) is 1.73. The molecule has 0 saturated carbocycles. The van der Waals surface area contributed by atoms with Crippen molar-refractivity contribution in [1.82, 2.24) is 4.98 Å². The van der Waals surface area contributed by atoms with Gasteiger partial charge >= 0.3 is 0 Å². The number of halogens is 1. The number of nitrogens with zero attached hydrogens (tertiary/aromatic N) is 1. The van der Waals surface area contributed by atoms with Crippen LogP contribution in [0.1, 0.15) is 29.8 Å². The van der Waals surface area contributed by atoms with Gasteiger partial charge in [0.2, 0.25) is 0 Å². The second-order valence-electron chi connectivity index (χ2n) is 4.55. The summed E-state index contributed by atoms with van der Waals surface area (Å²) in [6.45, 7) is 5.11. The van der Waals surface area contributed by atoms with E-state index in [1.807, 2.05) is 13.0 Å². The first-order chi connectivity index (χ1) is 8.97. The standard InChI is InChI=1S/C15H16FNO2/c1-9-6-15(13(11(3)18)7-14(9)16)19-12-5-4-10(2)17-8-12/h4-8,11,18H,1-3H3/t11-/m0/s1. The summed E-state index contributed by atoms with van der Waals surface area (Å²) in [4.78, 5) is 4.13. The maximum absolute atomic E-state index is 13.5. The normalized spacial score (nSPS) is 12.3. The van der Waals surface area contributed by atoms with Crippen LogP contribution in [0.3, 0.4) is 0 Å². The van der Waals surface area contributed by atoms with Crippen molar-refractivity contribution in [1.29, 1.82) is 0 Å². The van der Waals surface area contributed by atoms with Crippen LogP contribution in [-0.4, -0.2) is 10.1 Å². The van der Waals surface area contributed by atoms with E-state index in [1.165, 1.54) is 6.07 Å². The second-order valence-corrected chi connectivity index (χ2v) is 4.55. The van der Waals surface area contributed by atoms with E-state index >= 15 is 0 Å². The molecule has 3 nitrogen and oxygen atoms in total. The number of hydrogen-bond acceptors (Lipinski definition) is 3. The summed E-state index contributed by atoms with van der Waals surface area (Å²) in [5.41, 5.74) is 1.78. The summed E-state index contributed by atoms with van der Waals surface area (Å²) in [7, 11) is 0. The van der Waals surface area contributed by atoms with Crippen LogP contribution in [0.5, 0.6) is 11.5 Å². The smallest absolute Gasteiger partial charge is 0.145 e. The molecule has 1 N–H and O–H groups in total. The van der Waals surface area contributed by atoms with Gasteiger partial charge in [-0.05, 0) is 50.6 Å². The largest absolute Gasteiger partial charge is 0.455 e. The first-order valence-corrected chi connectivity index (χ1v) is 6.06. The first-order valence-electron chi connectivity index (χ1n) is 6.06. The molecule has 0 spiro atoms. The van der Waals surface area contributed by atoms with Crippen LogP contribution in [0.15, 0.2) is 30.5 Å². The zero-order valence-corrected chi connectivity index (χ0v) is 11.1. The molecule has 0 saturated heterocycles. The number of aliphatic hydroxyl groups is 1. The van der Waals surface area contributed by atoms with E-state index in [0.29, 0.717) is 22.6 Å². The third-order valence-electron chi connectivity index (χ3n) is 2.85. The Balaban J connectivity index is 2.38. The van der Waals surface area contributed by atoms with E-state index in [0.717, 1.165) is 5.69 Å². The minimum atomic E-state index is -0.802. The highest BCUT2D eigenvalue weighted by Crippen LogP contribution is 2.31. The maximum atomic E-state index is 13.5. The van der Waals surface area contributed by atoms with Crippen molar-refractivity contribution in [3.05, 3.63) is 53.1 Å². The minimum Gasteiger partial charge on any atom is -0.455 e. The summed E-state index contributed by atoms with van der Waals surface area (Å²) in [5.74, 6) is 0.642. The lowest BCUT2D eigenvalue weighted by Gasteiger charge is -2.14. The monoisotopic (exact) mass is 261 g/mol. The van der Waals surface area contributed by atoms with Crippen molar-refractivity contribution < 1.29 is 14.2 Å². The zero-order chi connectivity index (χ0) is 14.0. The molecule has 0 bridgehead atoms. The maximum Gasteiger partial charge on any atom is 0.145 e. The Kier molecular flexibility index (Phi) is 3.81. The molecule has 1 heterocycles. The molecule has 0 aliphatic carbocycles. The van der Waals surface area contributed by atoms with Gasteiger partial charge in [-0.2, -0.15) is 0 Å². The van der Waals surface area contributed by atoms with Gasteiger partial charge < -0.3 is 9.84 Å². The third kappa shape index (κ3) is 3.09. The quantitative estimate of drug-likeness (QED) is 0.916. The van der Waals surface area contributed by atoms with Gasteiger partial charge in [-0.15, -0.1) is 0 Å². The van der Waals surface area contributed by atoms with Crippen molar-refractivity contribution in [2.45, 2.75) is 26.9 Å². The molecule has 0 unspecified atom stereocenters. The molecule has 0 aliphatic rings. The summed E-state index contributed by atoms with van der Waals surface area (Å²) < 4.78 is 19.2. The predicted octanol–water partition coefficient (Wildman–Crippen LogP) is 3.68. The Labute approximate surface area is 111 Å². The van der Waals surface area contributed by atoms with Gasteiger partial charge in [0.15, 0.2) is 0 Å². The fraction of sp³-hybridized carbons (Fsp3) is 0.267. The number of hydrogen-bond donors (Lipinski definition) is 1. The van der Waals surface area contributed by atoms with E-state index in [2.05, 4.69) is 4.98 Å². The van der Waals surface area contributed by atoms with E-state index in [-0.39, 0.29) is 5.82 Å². The molecule has 100 valence electrons. The van der Waals surface area contributed by atoms with Crippen molar-refractivity contribution in [2.75, 3.05) is 0 Å². The van der Waals surface area contributed by atoms with Gasteiger partial charge in [0.05, 0.1) is 12.3 Å². The SMILES string of the molecule is Cc1ccc(Oc2cc(C)c(F)cc2[C@H](C)O)cn1. The van der Waals surface area contributed by atoms with Crippen molar-refractivity contribution >= 4 is 0 Å². The van der Waals surface area contributed by atoms with E-state index < -0.39 is 6.10 Å².